The number of methoxy groups -OCH3 is 1. The molecule has 0 heterocycles. The third kappa shape index (κ3) is 6.56. The van der Waals surface area contributed by atoms with E-state index in [0.717, 1.165) is 33.6 Å². The SMILES string of the molecule is COc1ccccc1CCC(=O)NC[C@@H](NC(c1ccccc1)(c1ccccc1)c1ccccc1)c1ccccc1. The van der Waals surface area contributed by atoms with Crippen LogP contribution in [0.25, 0.3) is 0 Å². The van der Waals surface area contributed by atoms with Gasteiger partial charge in [0.05, 0.1) is 18.7 Å². The third-order valence-corrected chi connectivity index (χ3v) is 7.53. The maximum Gasteiger partial charge on any atom is 0.220 e. The van der Waals surface area contributed by atoms with E-state index in [0.29, 0.717) is 19.4 Å². The average Bonchev–Trinajstić information content (AvgIpc) is 3.06. The molecule has 5 aromatic carbocycles. The van der Waals surface area contributed by atoms with Crippen LogP contribution in [-0.4, -0.2) is 19.6 Å². The van der Waals surface area contributed by atoms with Crippen molar-refractivity contribution >= 4 is 5.91 Å². The van der Waals surface area contributed by atoms with Crippen LogP contribution in [0.4, 0.5) is 0 Å². The molecule has 41 heavy (non-hydrogen) atoms. The topological polar surface area (TPSA) is 50.4 Å². The fourth-order valence-corrected chi connectivity index (χ4v) is 5.48. The normalized spacial score (nSPS) is 11.9. The summed E-state index contributed by atoms with van der Waals surface area (Å²) in [6.45, 7) is 0.434. The molecule has 0 spiro atoms. The highest BCUT2D eigenvalue weighted by Gasteiger charge is 2.38. The van der Waals surface area contributed by atoms with E-state index in [1.54, 1.807) is 7.11 Å². The van der Waals surface area contributed by atoms with Gasteiger partial charge in [0.2, 0.25) is 5.91 Å². The molecule has 0 radical (unpaired) electrons. The summed E-state index contributed by atoms with van der Waals surface area (Å²) in [5.74, 6) is 0.811. The van der Waals surface area contributed by atoms with E-state index < -0.39 is 5.54 Å². The van der Waals surface area contributed by atoms with Crippen molar-refractivity contribution in [3.63, 3.8) is 0 Å². The van der Waals surface area contributed by atoms with Crippen LogP contribution in [0.3, 0.4) is 0 Å². The maximum atomic E-state index is 13.1. The first-order chi connectivity index (χ1) is 20.2. The van der Waals surface area contributed by atoms with Crippen LogP contribution in [0.2, 0.25) is 0 Å². The van der Waals surface area contributed by atoms with Gasteiger partial charge in [-0.1, -0.05) is 140 Å². The van der Waals surface area contributed by atoms with Gasteiger partial charge in [-0.15, -0.1) is 0 Å². The smallest absolute Gasteiger partial charge is 0.220 e. The molecule has 0 aliphatic rings. The molecule has 5 aromatic rings. The highest BCUT2D eigenvalue weighted by atomic mass is 16.5. The van der Waals surface area contributed by atoms with Gasteiger partial charge in [0.1, 0.15) is 5.75 Å². The minimum atomic E-state index is -0.660. The van der Waals surface area contributed by atoms with Crippen molar-refractivity contribution in [2.24, 2.45) is 0 Å². The summed E-state index contributed by atoms with van der Waals surface area (Å²) in [6.07, 6.45) is 0.990. The number of amides is 1. The van der Waals surface area contributed by atoms with Gasteiger partial charge in [0.15, 0.2) is 0 Å². The van der Waals surface area contributed by atoms with Crippen LogP contribution in [0, 0.1) is 0 Å². The van der Waals surface area contributed by atoms with E-state index in [1.165, 1.54) is 0 Å². The van der Waals surface area contributed by atoms with Gasteiger partial charge < -0.3 is 10.1 Å². The molecule has 0 unspecified atom stereocenters. The number of rotatable bonds is 12. The molecule has 0 saturated carbocycles. The molecule has 1 atom stereocenters. The Kier molecular flexibility index (Phi) is 9.25. The second-order valence-corrected chi connectivity index (χ2v) is 10.1. The van der Waals surface area contributed by atoms with E-state index in [1.807, 2.05) is 60.7 Å². The van der Waals surface area contributed by atoms with E-state index >= 15 is 0 Å². The average molecular weight is 541 g/mol. The first-order valence-corrected chi connectivity index (χ1v) is 14.1. The van der Waals surface area contributed by atoms with Crippen LogP contribution in [0.1, 0.15) is 40.3 Å². The highest BCUT2D eigenvalue weighted by Crippen LogP contribution is 2.39. The Balaban J connectivity index is 1.48. The fourth-order valence-electron chi connectivity index (χ4n) is 5.48. The van der Waals surface area contributed by atoms with Crippen LogP contribution in [0.5, 0.6) is 5.75 Å². The van der Waals surface area contributed by atoms with Crippen molar-refractivity contribution in [1.82, 2.24) is 10.6 Å². The Labute approximate surface area is 243 Å². The van der Waals surface area contributed by atoms with E-state index in [-0.39, 0.29) is 11.9 Å². The second-order valence-electron chi connectivity index (χ2n) is 10.1. The van der Waals surface area contributed by atoms with Crippen molar-refractivity contribution in [2.75, 3.05) is 13.7 Å². The Morgan fingerprint density at radius 1 is 0.659 bits per heavy atom. The largest absolute Gasteiger partial charge is 0.496 e. The molecule has 0 aliphatic heterocycles. The first-order valence-electron chi connectivity index (χ1n) is 14.1. The number of ether oxygens (including phenoxy) is 1. The van der Waals surface area contributed by atoms with Gasteiger partial charge in [-0.2, -0.15) is 0 Å². The van der Waals surface area contributed by atoms with E-state index in [2.05, 4.69) is 95.6 Å². The molecular weight excluding hydrogens is 504 g/mol. The molecule has 0 aromatic heterocycles. The zero-order chi connectivity index (χ0) is 28.3. The minimum Gasteiger partial charge on any atom is -0.496 e. The molecule has 0 aliphatic carbocycles. The number of nitrogens with one attached hydrogen (secondary N) is 2. The Morgan fingerprint density at radius 2 is 1.12 bits per heavy atom. The van der Waals surface area contributed by atoms with Crippen molar-refractivity contribution in [3.8, 4) is 5.75 Å². The number of benzene rings is 5. The summed E-state index contributed by atoms with van der Waals surface area (Å²) < 4.78 is 5.47. The predicted molar refractivity (Wildman–Crippen MR) is 166 cm³/mol. The summed E-state index contributed by atoms with van der Waals surface area (Å²) in [5.41, 5.74) is 4.85. The maximum absolute atomic E-state index is 13.1. The van der Waals surface area contributed by atoms with Gasteiger partial charge in [-0.25, -0.2) is 0 Å². The lowest BCUT2D eigenvalue weighted by atomic mass is 9.76. The number of carbonyl (C=O) groups is 1. The quantitative estimate of drug-likeness (QED) is 0.167. The molecule has 1 amide bonds. The third-order valence-electron chi connectivity index (χ3n) is 7.53. The highest BCUT2D eigenvalue weighted by molar-refractivity contribution is 5.76. The fraction of sp³-hybridized carbons (Fsp3) is 0.162. The van der Waals surface area contributed by atoms with Crippen LogP contribution in [-0.2, 0) is 16.8 Å². The predicted octanol–water partition coefficient (Wildman–Crippen LogP) is 7.07. The first kappa shape index (κ1) is 27.9. The summed E-state index contributed by atoms with van der Waals surface area (Å²) in [4.78, 5) is 13.1. The molecule has 4 nitrogen and oxygen atoms in total. The van der Waals surface area contributed by atoms with E-state index in [9.17, 15) is 4.79 Å². The molecule has 0 saturated heterocycles. The van der Waals surface area contributed by atoms with Gasteiger partial charge in [0, 0.05) is 13.0 Å². The lowest BCUT2D eigenvalue weighted by Crippen LogP contribution is -2.49. The standard InChI is InChI=1S/C37H36N2O2/c1-41-35-25-15-14-18-30(35)26-27-36(40)38-28-34(29-16-6-2-7-17-29)39-37(31-19-8-3-9-20-31,32-21-10-4-11-22-32)33-23-12-5-13-24-33/h2-25,34,39H,26-28H2,1H3,(H,38,40)/t34-/m1/s1. The lowest BCUT2D eigenvalue weighted by Gasteiger charge is -2.40. The van der Waals surface area contributed by atoms with Crippen molar-refractivity contribution in [1.29, 1.82) is 0 Å². The zero-order valence-electron chi connectivity index (χ0n) is 23.4. The lowest BCUT2D eigenvalue weighted by molar-refractivity contribution is -0.121. The zero-order valence-corrected chi connectivity index (χ0v) is 23.4. The summed E-state index contributed by atoms with van der Waals surface area (Å²) >= 11 is 0. The van der Waals surface area contributed by atoms with Crippen LogP contribution >= 0.6 is 0 Å². The Hall–Kier alpha value is -4.67. The van der Waals surface area contributed by atoms with Crippen molar-refractivity contribution in [3.05, 3.63) is 173 Å². The van der Waals surface area contributed by atoms with Crippen molar-refractivity contribution < 1.29 is 9.53 Å². The molecule has 0 fully saturated rings. The molecule has 5 rings (SSSR count). The summed E-state index contributed by atoms with van der Waals surface area (Å²) in [7, 11) is 1.66. The van der Waals surface area contributed by atoms with Gasteiger partial charge in [-0.05, 0) is 40.3 Å². The Bertz CT molecular complexity index is 1410. The van der Waals surface area contributed by atoms with Gasteiger partial charge in [-0.3, -0.25) is 10.1 Å². The van der Waals surface area contributed by atoms with Crippen LogP contribution < -0.4 is 15.4 Å². The molecule has 206 valence electrons. The summed E-state index contributed by atoms with van der Waals surface area (Å²) in [6, 6.07) is 49.6. The monoisotopic (exact) mass is 540 g/mol. The van der Waals surface area contributed by atoms with Gasteiger partial charge >= 0.3 is 0 Å². The van der Waals surface area contributed by atoms with Gasteiger partial charge in [0.25, 0.3) is 0 Å². The molecular formula is C37H36N2O2. The number of carbonyl (C=O) groups excluding carboxylic acids is 1. The molecule has 0 bridgehead atoms. The molecule has 4 heteroatoms. The summed E-state index contributed by atoms with van der Waals surface area (Å²) in [5, 5.41) is 7.27. The number of aryl methyl sites for hydroxylation is 1. The van der Waals surface area contributed by atoms with E-state index in [4.69, 9.17) is 4.74 Å². The number of hydrogen-bond donors (Lipinski definition) is 2. The molecule has 2 N–H and O–H groups in total. The number of para-hydroxylation sites is 1. The number of hydrogen-bond acceptors (Lipinski definition) is 3. The van der Waals surface area contributed by atoms with Crippen molar-refractivity contribution in [2.45, 2.75) is 24.4 Å². The second kappa shape index (κ2) is 13.6. The minimum absolute atomic E-state index is 0.00312. The Morgan fingerprint density at radius 3 is 1.63 bits per heavy atom. The van der Waals surface area contributed by atoms with Crippen LogP contribution in [0.15, 0.2) is 146 Å².